The zero-order valence-corrected chi connectivity index (χ0v) is 19.3. The van der Waals surface area contributed by atoms with Gasteiger partial charge in [-0.15, -0.1) is 0 Å². The normalized spacial score (nSPS) is 22.1. The lowest BCUT2D eigenvalue weighted by atomic mass is 9.76. The van der Waals surface area contributed by atoms with E-state index in [0.29, 0.717) is 24.5 Å². The van der Waals surface area contributed by atoms with Gasteiger partial charge in [-0.25, -0.2) is 9.69 Å². The molecule has 2 aliphatic heterocycles. The minimum Gasteiger partial charge on any atom is -0.497 e. The lowest BCUT2D eigenvalue weighted by Gasteiger charge is -2.34. The average Bonchev–Trinajstić information content (AvgIpc) is 3.07. The summed E-state index contributed by atoms with van der Waals surface area (Å²) in [6.45, 7) is 1.64. The Hall–Kier alpha value is -3.26. The van der Waals surface area contributed by atoms with Gasteiger partial charge in [0, 0.05) is 13.1 Å². The first kappa shape index (κ1) is 21.6. The second-order valence-electron chi connectivity index (χ2n) is 8.87. The fourth-order valence-corrected chi connectivity index (χ4v) is 5.37. The molecule has 1 atom stereocenters. The van der Waals surface area contributed by atoms with Gasteiger partial charge in [0.05, 0.1) is 28.0 Å². The Kier molecular flexibility index (Phi) is 5.40. The SMILES string of the molecule is COc1ccc2c(c1)CCC[C@@]21NC(=O)N(CN2CCc3cc(OC)c(OC)cc3C2)C1=O. The number of amides is 3. The Morgan fingerprint density at radius 3 is 2.42 bits per heavy atom. The molecule has 1 N–H and O–H groups in total. The van der Waals surface area contributed by atoms with Gasteiger partial charge in [-0.05, 0) is 72.2 Å². The number of imide groups is 1. The molecule has 3 aliphatic rings. The highest BCUT2D eigenvalue weighted by atomic mass is 16.5. The van der Waals surface area contributed by atoms with Crippen LogP contribution in [0.15, 0.2) is 30.3 Å². The minimum absolute atomic E-state index is 0.170. The van der Waals surface area contributed by atoms with Crippen LogP contribution >= 0.6 is 0 Å². The summed E-state index contributed by atoms with van der Waals surface area (Å²) < 4.78 is 16.2. The molecule has 2 aromatic rings. The molecule has 1 spiro atoms. The van der Waals surface area contributed by atoms with Crippen LogP contribution in [-0.2, 0) is 29.7 Å². The molecule has 0 aromatic heterocycles. The highest BCUT2D eigenvalue weighted by Crippen LogP contribution is 2.41. The van der Waals surface area contributed by atoms with Crippen molar-refractivity contribution in [2.24, 2.45) is 0 Å². The summed E-state index contributed by atoms with van der Waals surface area (Å²) >= 11 is 0. The number of fused-ring (bicyclic) bond motifs is 3. The van der Waals surface area contributed by atoms with Crippen LogP contribution in [0.25, 0.3) is 0 Å². The van der Waals surface area contributed by atoms with Crippen LogP contribution < -0.4 is 19.5 Å². The van der Waals surface area contributed by atoms with Crippen molar-refractivity contribution >= 4 is 11.9 Å². The van der Waals surface area contributed by atoms with Crippen molar-refractivity contribution in [3.8, 4) is 17.2 Å². The molecule has 33 heavy (non-hydrogen) atoms. The van der Waals surface area contributed by atoms with E-state index in [2.05, 4.69) is 10.2 Å². The summed E-state index contributed by atoms with van der Waals surface area (Å²) in [6.07, 6.45) is 3.12. The number of rotatable bonds is 5. The van der Waals surface area contributed by atoms with Crippen LogP contribution in [0.1, 0.15) is 35.1 Å². The van der Waals surface area contributed by atoms with Crippen LogP contribution in [0.4, 0.5) is 4.79 Å². The third-order valence-electron chi connectivity index (χ3n) is 7.08. The average molecular weight is 452 g/mol. The predicted octanol–water partition coefficient (Wildman–Crippen LogP) is 2.81. The molecule has 1 fully saturated rings. The summed E-state index contributed by atoms with van der Waals surface area (Å²) in [5.41, 5.74) is 3.28. The molecule has 3 amide bonds. The molecule has 8 nitrogen and oxygen atoms in total. The number of methoxy groups -OCH3 is 3. The summed E-state index contributed by atoms with van der Waals surface area (Å²) in [5.74, 6) is 1.99. The zero-order chi connectivity index (χ0) is 23.2. The van der Waals surface area contributed by atoms with Gasteiger partial charge in [-0.1, -0.05) is 6.07 Å². The topological polar surface area (TPSA) is 80.3 Å². The maximum atomic E-state index is 13.7. The van der Waals surface area contributed by atoms with E-state index in [4.69, 9.17) is 14.2 Å². The van der Waals surface area contributed by atoms with Crippen molar-refractivity contribution in [2.45, 2.75) is 37.8 Å². The molecule has 1 aliphatic carbocycles. The highest BCUT2D eigenvalue weighted by Gasteiger charge is 2.54. The summed E-state index contributed by atoms with van der Waals surface area (Å²) in [6, 6.07) is 9.42. The standard InChI is InChI=1S/C25H29N3O5/c1-31-19-6-7-20-17(11-19)5-4-9-25(20)23(29)28(24(30)26-25)15-27-10-8-16-12-21(32-2)22(33-3)13-18(16)14-27/h6-7,11-13H,4-5,8-10,14-15H2,1-3H3,(H,26,30)/t25-/m1/s1. The lowest BCUT2D eigenvalue weighted by molar-refractivity contribution is -0.133. The smallest absolute Gasteiger partial charge is 0.326 e. The minimum atomic E-state index is -0.985. The van der Waals surface area contributed by atoms with Gasteiger partial charge >= 0.3 is 6.03 Å². The molecule has 8 heteroatoms. The maximum Gasteiger partial charge on any atom is 0.326 e. The zero-order valence-electron chi connectivity index (χ0n) is 19.3. The fourth-order valence-electron chi connectivity index (χ4n) is 5.37. The molecular weight excluding hydrogens is 422 g/mol. The van der Waals surface area contributed by atoms with E-state index in [-0.39, 0.29) is 18.6 Å². The van der Waals surface area contributed by atoms with E-state index in [0.717, 1.165) is 48.2 Å². The Morgan fingerprint density at radius 2 is 1.70 bits per heavy atom. The Bertz CT molecular complexity index is 1120. The molecule has 2 heterocycles. The van der Waals surface area contributed by atoms with Crippen molar-refractivity contribution in [3.63, 3.8) is 0 Å². The number of carbonyl (C=O) groups excluding carboxylic acids is 2. The van der Waals surface area contributed by atoms with Crippen molar-refractivity contribution in [2.75, 3.05) is 34.5 Å². The quantitative estimate of drug-likeness (QED) is 0.705. The molecular formula is C25H29N3O5. The number of urea groups is 1. The van der Waals surface area contributed by atoms with Gasteiger partial charge in [0.1, 0.15) is 11.3 Å². The largest absolute Gasteiger partial charge is 0.497 e. The van der Waals surface area contributed by atoms with Crippen LogP contribution in [0.5, 0.6) is 17.2 Å². The monoisotopic (exact) mass is 451 g/mol. The van der Waals surface area contributed by atoms with Crippen LogP contribution in [0.3, 0.4) is 0 Å². The molecule has 0 radical (unpaired) electrons. The van der Waals surface area contributed by atoms with Gasteiger partial charge in [-0.2, -0.15) is 0 Å². The van der Waals surface area contributed by atoms with E-state index >= 15 is 0 Å². The van der Waals surface area contributed by atoms with Crippen LogP contribution in [0, 0.1) is 0 Å². The highest BCUT2D eigenvalue weighted by molar-refractivity contribution is 6.07. The van der Waals surface area contributed by atoms with Gasteiger partial charge < -0.3 is 19.5 Å². The molecule has 174 valence electrons. The van der Waals surface area contributed by atoms with Crippen molar-refractivity contribution in [1.82, 2.24) is 15.1 Å². The molecule has 5 rings (SSSR count). The lowest BCUT2D eigenvalue weighted by Crippen LogP contribution is -2.48. The fraction of sp³-hybridized carbons (Fsp3) is 0.440. The van der Waals surface area contributed by atoms with Gasteiger partial charge in [0.2, 0.25) is 0 Å². The first-order valence-electron chi connectivity index (χ1n) is 11.3. The Balaban J connectivity index is 1.38. The number of carbonyl (C=O) groups is 2. The molecule has 1 saturated heterocycles. The third-order valence-corrected chi connectivity index (χ3v) is 7.08. The number of benzene rings is 2. The Labute approximate surface area is 193 Å². The number of hydrogen-bond donors (Lipinski definition) is 1. The first-order chi connectivity index (χ1) is 16.0. The van der Waals surface area contributed by atoms with Gasteiger partial charge in [-0.3, -0.25) is 9.69 Å². The van der Waals surface area contributed by atoms with Crippen molar-refractivity contribution in [1.29, 1.82) is 0 Å². The van der Waals surface area contributed by atoms with Gasteiger partial charge in [0.15, 0.2) is 11.5 Å². The van der Waals surface area contributed by atoms with E-state index in [9.17, 15) is 9.59 Å². The summed E-state index contributed by atoms with van der Waals surface area (Å²) in [5, 5.41) is 3.04. The van der Waals surface area contributed by atoms with Gasteiger partial charge in [0.25, 0.3) is 5.91 Å². The number of hydrogen-bond acceptors (Lipinski definition) is 6. The third kappa shape index (κ3) is 3.49. The van der Waals surface area contributed by atoms with Crippen molar-refractivity contribution < 1.29 is 23.8 Å². The van der Waals surface area contributed by atoms with E-state index in [1.165, 1.54) is 10.5 Å². The number of ether oxygens (including phenoxy) is 3. The number of aryl methyl sites for hydroxylation is 1. The van der Waals surface area contributed by atoms with E-state index < -0.39 is 5.54 Å². The summed E-state index contributed by atoms with van der Waals surface area (Å²) in [4.78, 5) is 30.2. The van der Waals surface area contributed by atoms with Crippen LogP contribution in [0.2, 0.25) is 0 Å². The first-order valence-corrected chi connectivity index (χ1v) is 11.3. The maximum absolute atomic E-state index is 13.7. The number of nitrogens with zero attached hydrogens (tertiary/aromatic N) is 2. The Morgan fingerprint density at radius 1 is 0.939 bits per heavy atom. The van der Waals surface area contributed by atoms with Crippen LogP contribution in [-0.4, -0.2) is 56.3 Å². The van der Waals surface area contributed by atoms with E-state index in [1.807, 2.05) is 30.3 Å². The van der Waals surface area contributed by atoms with Crippen molar-refractivity contribution in [3.05, 3.63) is 52.6 Å². The number of nitrogens with one attached hydrogen (secondary N) is 1. The summed E-state index contributed by atoms with van der Waals surface area (Å²) in [7, 11) is 4.88. The molecule has 0 unspecified atom stereocenters. The molecule has 2 aromatic carbocycles. The molecule has 0 saturated carbocycles. The predicted molar refractivity (Wildman–Crippen MR) is 122 cm³/mol. The van der Waals surface area contributed by atoms with E-state index in [1.54, 1.807) is 21.3 Å². The second kappa shape index (κ2) is 8.26. The molecule has 0 bridgehead atoms. The second-order valence-corrected chi connectivity index (χ2v) is 8.87.